The van der Waals surface area contributed by atoms with E-state index >= 15 is 0 Å². The van der Waals surface area contributed by atoms with E-state index in [0.717, 1.165) is 24.8 Å². The van der Waals surface area contributed by atoms with Gasteiger partial charge in [0.05, 0.1) is 25.4 Å². The fraction of sp³-hybridized carbons (Fsp3) is 0.421. The van der Waals surface area contributed by atoms with Gasteiger partial charge in [0.2, 0.25) is 0 Å². The van der Waals surface area contributed by atoms with Crippen LogP contribution in [0.4, 0.5) is 0 Å². The van der Waals surface area contributed by atoms with Crippen molar-refractivity contribution in [3.8, 4) is 0 Å². The molecule has 1 aliphatic rings. The third kappa shape index (κ3) is 3.90. The summed E-state index contributed by atoms with van der Waals surface area (Å²) < 4.78 is 6.59. The Morgan fingerprint density at radius 3 is 2.69 bits per heavy atom. The molecule has 1 amide bonds. The molecule has 0 spiro atoms. The summed E-state index contributed by atoms with van der Waals surface area (Å²) in [4.78, 5) is 24.9. The number of nitrogens with zero attached hydrogens (tertiary/aromatic N) is 2. The molecule has 2 aromatic rings. The highest BCUT2D eigenvalue weighted by atomic mass is 35.5. The van der Waals surface area contributed by atoms with Crippen LogP contribution in [-0.2, 0) is 16.1 Å². The molecule has 1 saturated carbocycles. The second-order valence-electron chi connectivity index (χ2n) is 6.61. The molecule has 0 unspecified atom stereocenters. The van der Waals surface area contributed by atoms with Crippen LogP contribution in [-0.4, -0.2) is 34.3 Å². The largest absolute Gasteiger partial charge is 0.467 e. The number of carbonyl (C=O) groups excluding carboxylic acids is 2. The number of methoxy groups -OCH3 is 1. The zero-order valence-electron chi connectivity index (χ0n) is 14.7. The van der Waals surface area contributed by atoms with Gasteiger partial charge in [-0.15, -0.1) is 0 Å². The number of nitrogens with one attached hydrogen (secondary N) is 1. The number of esters is 1. The van der Waals surface area contributed by atoms with Crippen LogP contribution in [0.1, 0.15) is 48.0 Å². The number of halogens is 1. The molecule has 0 aliphatic heterocycles. The van der Waals surface area contributed by atoms with Crippen LogP contribution >= 0.6 is 11.6 Å². The van der Waals surface area contributed by atoms with Crippen LogP contribution < -0.4 is 5.32 Å². The standard InChI is InChI=1S/C19H22ClN3O3/c1-26-18(25)19(9-5-2-6-10-19)22-17(24)15-11-21-23(13-15)12-14-7-3-4-8-16(14)20/h3-4,7-8,11,13H,2,5-6,9-10,12H2,1H3,(H,22,24). The summed E-state index contributed by atoms with van der Waals surface area (Å²) in [6, 6.07) is 7.50. The molecule has 138 valence electrons. The first kappa shape index (κ1) is 18.5. The van der Waals surface area contributed by atoms with Gasteiger partial charge in [-0.3, -0.25) is 9.48 Å². The Morgan fingerprint density at radius 1 is 1.27 bits per heavy atom. The first-order chi connectivity index (χ1) is 12.5. The van der Waals surface area contributed by atoms with Gasteiger partial charge in [-0.2, -0.15) is 5.10 Å². The van der Waals surface area contributed by atoms with Crippen molar-refractivity contribution in [3.05, 3.63) is 52.8 Å². The summed E-state index contributed by atoms with van der Waals surface area (Å²) >= 11 is 6.17. The van der Waals surface area contributed by atoms with Crippen molar-refractivity contribution in [1.82, 2.24) is 15.1 Å². The second-order valence-corrected chi connectivity index (χ2v) is 7.01. The van der Waals surface area contributed by atoms with Crippen LogP contribution in [0.5, 0.6) is 0 Å². The van der Waals surface area contributed by atoms with Gasteiger partial charge in [0.1, 0.15) is 5.54 Å². The van der Waals surface area contributed by atoms with Crippen LogP contribution in [0.3, 0.4) is 0 Å². The quantitative estimate of drug-likeness (QED) is 0.814. The average molecular weight is 376 g/mol. The molecule has 1 heterocycles. The summed E-state index contributed by atoms with van der Waals surface area (Å²) in [7, 11) is 1.35. The first-order valence-corrected chi connectivity index (χ1v) is 9.09. The molecule has 1 aromatic carbocycles. The van der Waals surface area contributed by atoms with E-state index in [9.17, 15) is 9.59 Å². The molecular formula is C19H22ClN3O3. The lowest BCUT2D eigenvalue weighted by atomic mass is 9.81. The zero-order chi connectivity index (χ0) is 18.6. The van der Waals surface area contributed by atoms with E-state index in [1.54, 1.807) is 10.9 Å². The van der Waals surface area contributed by atoms with E-state index in [4.69, 9.17) is 16.3 Å². The van der Waals surface area contributed by atoms with Gasteiger partial charge < -0.3 is 10.1 Å². The Balaban J connectivity index is 1.73. The normalized spacial score (nSPS) is 16.1. The molecule has 1 N–H and O–H groups in total. The predicted octanol–water partition coefficient (Wildman–Crippen LogP) is 3.19. The van der Waals surface area contributed by atoms with E-state index in [1.165, 1.54) is 13.3 Å². The molecule has 0 radical (unpaired) electrons. The molecule has 0 bridgehead atoms. The van der Waals surface area contributed by atoms with Crippen LogP contribution in [0.15, 0.2) is 36.7 Å². The number of hydrogen-bond acceptors (Lipinski definition) is 4. The van der Waals surface area contributed by atoms with Gasteiger partial charge in [0.15, 0.2) is 0 Å². The maximum absolute atomic E-state index is 12.7. The summed E-state index contributed by atoms with van der Waals surface area (Å²) in [6.07, 6.45) is 7.19. The number of carbonyl (C=O) groups is 2. The SMILES string of the molecule is COC(=O)C1(NC(=O)c2cnn(Cc3ccccc3Cl)c2)CCCCC1. The van der Waals surface area contributed by atoms with Crippen molar-refractivity contribution < 1.29 is 14.3 Å². The molecule has 6 nitrogen and oxygen atoms in total. The van der Waals surface area contributed by atoms with E-state index in [0.29, 0.717) is 30.0 Å². The Labute approximate surface area is 157 Å². The number of hydrogen-bond donors (Lipinski definition) is 1. The Bertz CT molecular complexity index is 797. The molecule has 7 heteroatoms. The number of aromatic nitrogens is 2. The second kappa shape index (κ2) is 7.91. The van der Waals surface area contributed by atoms with E-state index in [1.807, 2.05) is 24.3 Å². The summed E-state index contributed by atoms with van der Waals surface area (Å²) in [5, 5.41) is 7.78. The van der Waals surface area contributed by atoms with Crippen molar-refractivity contribution in [2.24, 2.45) is 0 Å². The molecule has 1 fully saturated rings. The number of ether oxygens (including phenoxy) is 1. The zero-order valence-corrected chi connectivity index (χ0v) is 15.5. The van der Waals surface area contributed by atoms with E-state index < -0.39 is 5.54 Å². The summed E-state index contributed by atoms with van der Waals surface area (Å²) in [5.41, 5.74) is 0.392. The lowest BCUT2D eigenvalue weighted by molar-refractivity contribution is -0.149. The third-order valence-electron chi connectivity index (χ3n) is 4.82. The predicted molar refractivity (Wildman–Crippen MR) is 98.1 cm³/mol. The van der Waals surface area contributed by atoms with Gasteiger partial charge >= 0.3 is 5.97 Å². The van der Waals surface area contributed by atoms with Crippen molar-refractivity contribution in [2.75, 3.05) is 7.11 Å². The van der Waals surface area contributed by atoms with Crippen LogP contribution in [0, 0.1) is 0 Å². The molecule has 26 heavy (non-hydrogen) atoms. The minimum absolute atomic E-state index is 0.317. The minimum atomic E-state index is -0.936. The van der Waals surface area contributed by atoms with Gasteiger partial charge in [0.25, 0.3) is 5.91 Å². The fourth-order valence-electron chi connectivity index (χ4n) is 3.39. The molecular weight excluding hydrogens is 354 g/mol. The lowest BCUT2D eigenvalue weighted by Gasteiger charge is -2.35. The van der Waals surface area contributed by atoms with Gasteiger partial charge in [-0.25, -0.2) is 4.79 Å². The molecule has 0 saturated heterocycles. The highest BCUT2D eigenvalue weighted by Gasteiger charge is 2.42. The van der Waals surface area contributed by atoms with E-state index in [-0.39, 0.29) is 11.9 Å². The van der Waals surface area contributed by atoms with E-state index in [2.05, 4.69) is 10.4 Å². The lowest BCUT2D eigenvalue weighted by Crippen LogP contribution is -2.56. The minimum Gasteiger partial charge on any atom is -0.467 e. The molecule has 3 rings (SSSR count). The van der Waals surface area contributed by atoms with Crippen molar-refractivity contribution in [2.45, 2.75) is 44.2 Å². The summed E-state index contributed by atoms with van der Waals surface area (Å²) in [6.45, 7) is 0.467. The summed E-state index contributed by atoms with van der Waals surface area (Å²) in [5.74, 6) is -0.697. The maximum atomic E-state index is 12.7. The monoisotopic (exact) mass is 375 g/mol. The smallest absolute Gasteiger partial charge is 0.331 e. The molecule has 1 aliphatic carbocycles. The van der Waals surface area contributed by atoms with Gasteiger partial charge in [0, 0.05) is 11.2 Å². The van der Waals surface area contributed by atoms with Gasteiger partial charge in [-0.1, -0.05) is 49.1 Å². The van der Waals surface area contributed by atoms with Crippen LogP contribution in [0.25, 0.3) is 0 Å². The third-order valence-corrected chi connectivity index (χ3v) is 5.19. The number of amides is 1. The van der Waals surface area contributed by atoms with Crippen molar-refractivity contribution in [3.63, 3.8) is 0 Å². The first-order valence-electron chi connectivity index (χ1n) is 8.71. The maximum Gasteiger partial charge on any atom is 0.331 e. The Hall–Kier alpha value is -2.34. The Morgan fingerprint density at radius 2 is 2.00 bits per heavy atom. The molecule has 0 atom stereocenters. The Kier molecular flexibility index (Phi) is 5.61. The average Bonchev–Trinajstić information content (AvgIpc) is 3.12. The number of rotatable bonds is 5. The van der Waals surface area contributed by atoms with Crippen molar-refractivity contribution in [1.29, 1.82) is 0 Å². The highest BCUT2D eigenvalue weighted by Crippen LogP contribution is 2.29. The number of benzene rings is 1. The van der Waals surface area contributed by atoms with Crippen LogP contribution in [0.2, 0.25) is 5.02 Å². The fourth-order valence-corrected chi connectivity index (χ4v) is 3.58. The molecule has 1 aromatic heterocycles. The topological polar surface area (TPSA) is 73.2 Å². The highest BCUT2D eigenvalue weighted by molar-refractivity contribution is 6.31. The van der Waals surface area contributed by atoms with Gasteiger partial charge in [-0.05, 0) is 24.5 Å². The van der Waals surface area contributed by atoms with Crippen molar-refractivity contribution >= 4 is 23.5 Å².